The minimum absolute atomic E-state index is 0.290. The molecule has 0 saturated carbocycles. The molecule has 0 aromatic heterocycles. The molecule has 1 fully saturated rings. The highest BCUT2D eigenvalue weighted by molar-refractivity contribution is 5.97. The van der Waals surface area contributed by atoms with Crippen LogP contribution in [-0.4, -0.2) is 29.8 Å². The molecule has 0 N–H and O–H groups in total. The summed E-state index contributed by atoms with van der Waals surface area (Å²) in [6.07, 6.45) is 5.80. The van der Waals surface area contributed by atoms with Crippen LogP contribution in [0, 0.1) is 6.92 Å². The molecule has 0 bridgehead atoms. The van der Waals surface area contributed by atoms with Crippen LogP contribution in [0.15, 0.2) is 24.3 Å². The van der Waals surface area contributed by atoms with Crippen LogP contribution in [-0.2, 0) is 0 Å². The predicted molar refractivity (Wildman–Crippen MR) is 79.6 cm³/mol. The second kappa shape index (κ2) is 6.85. The third-order valence-electron chi connectivity index (χ3n) is 4.29. The van der Waals surface area contributed by atoms with Gasteiger partial charge in [-0.25, -0.2) is 0 Å². The Balaban J connectivity index is 1.91. The molecule has 0 spiro atoms. The Morgan fingerprint density at radius 1 is 1.32 bits per heavy atom. The van der Waals surface area contributed by atoms with Crippen LogP contribution >= 0.6 is 0 Å². The largest absolute Gasteiger partial charge is 0.300 e. The summed E-state index contributed by atoms with van der Waals surface area (Å²) in [6, 6.07) is 8.60. The van der Waals surface area contributed by atoms with Gasteiger partial charge in [0.15, 0.2) is 5.78 Å². The molecular formula is C17H25NO. The van der Waals surface area contributed by atoms with Gasteiger partial charge in [-0.2, -0.15) is 0 Å². The smallest absolute Gasteiger partial charge is 0.164 e. The number of carbonyl (C=O) groups excluding carboxylic acids is 1. The Morgan fingerprint density at radius 3 is 2.84 bits per heavy atom. The maximum atomic E-state index is 12.3. The number of rotatable bonds is 5. The first-order chi connectivity index (χ1) is 9.22. The van der Waals surface area contributed by atoms with E-state index in [1.54, 1.807) is 0 Å². The number of nitrogens with zero attached hydrogens (tertiary/aromatic N) is 1. The van der Waals surface area contributed by atoms with E-state index in [0.29, 0.717) is 18.2 Å². The third-order valence-corrected chi connectivity index (χ3v) is 4.29. The molecule has 1 heterocycles. The zero-order chi connectivity index (χ0) is 13.7. The minimum atomic E-state index is 0.290. The van der Waals surface area contributed by atoms with Gasteiger partial charge in [-0.15, -0.1) is 0 Å². The lowest BCUT2D eigenvalue weighted by Crippen LogP contribution is -2.40. The van der Waals surface area contributed by atoms with Crippen LogP contribution < -0.4 is 0 Å². The Morgan fingerprint density at radius 2 is 2.11 bits per heavy atom. The summed E-state index contributed by atoms with van der Waals surface area (Å²) in [4.78, 5) is 14.8. The molecule has 1 saturated heterocycles. The number of benzene rings is 1. The second-order valence-corrected chi connectivity index (χ2v) is 5.58. The first-order valence-corrected chi connectivity index (χ1v) is 7.55. The molecule has 0 aliphatic carbocycles. The topological polar surface area (TPSA) is 20.3 Å². The maximum absolute atomic E-state index is 12.3. The van der Waals surface area contributed by atoms with E-state index in [9.17, 15) is 4.79 Å². The number of hydrogen-bond acceptors (Lipinski definition) is 2. The van der Waals surface area contributed by atoms with Crippen molar-refractivity contribution in [1.29, 1.82) is 0 Å². The first-order valence-electron chi connectivity index (χ1n) is 7.55. The molecule has 2 rings (SSSR count). The fraction of sp³-hybridized carbons (Fsp3) is 0.588. The average molecular weight is 259 g/mol. The number of ketones is 1. The predicted octanol–water partition coefficient (Wildman–Crippen LogP) is 3.83. The number of piperidine rings is 1. The Hall–Kier alpha value is -1.15. The number of aryl methyl sites for hydroxylation is 1. The van der Waals surface area contributed by atoms with Gasteiger partial charge in [0.1, 0.15) is 0 Å². The van der Waals surface area contributed by atoms with Crippen LogP contribution in [0.5, 0.6) is 0 Å². The van der Waals surface area contributed by atoms with Gasteiger partial charge in [0.05, 0.1) is 0 Å². The van der Waals surface area contributed by atoms with Crippen LogP contribution in [0.1, 0.15) is 54.9 Å². The molecule has 1 aliphatic heterocycles. The minimum Gasteiger partial charge on any atom is -0.300 e. The molecule has 0 radical (unpaired) electrons. The number of likely N-dealkylation sites (tertiary alicyclic amines) is 1. The molecule has 1 atom stereocenters. The van der Waals surface area contributed by atoms with Crippen molar-refractivity contribution in [2.24, 2.45) is 0 Å². The summed E-state index contributed by atoms with van der Waals surface area (Å²) in [6.45, 7) is 6.36. The van der Waals surface area contributed by atoms with E-state index in [2.05, 4.69) is 11.8 Å². The quantitative estimate of drug-likeness (QED) is 0.749. The van der Waals surface area contributed by atoms with E-state index in [0.717, 1.165) is 17.7 Å². The van der Waals surface area contributed by atoms with Gasteiger partial charge in [-0.3, -0.25) is 9.69 Å². The SMILES string of the molecule is CCC1CCCCN1CCC(=O)c1ccccc1C. The number of Topliss-reactive ketones (excluding diaryl/α,β-unsaturated/α-hetero) is 1. The van der Waals surface area contributed by atoms with Crippen LogP contribution in [0.3, 0.4) is 0 Å². The Kier molecular flexibility index (Phi) is 5.15. The maximum Gasteiger partial charge on any atom is 0.164 e. The summed E-state index contributed by atoms with van der Waals surface area (Å²) in [5.74, 6) is 0.290. The van der Waals surface area contributed by atoms with E-state index < -0.39 is 0 Å². The zero-order valence-electron chi connectivity index (χ0n) is 12.2. The molecule has 0 amide bonds. The fourth-order valence-electron chi connectivity index (χ4n) is 3.08. The highest BCUT2D eigenvalue weighted by Crippen LogP contribution is 2.20. The Labute approximate surface area is 116 Å². The third kappa shape index (κ3) is 3.66. The fourth-order valence-corrected chi connectivity index (χ4v) is 3.08. The summed E-state index contributed by atoms with van der Waals surface area (Å²) in [5, 5.41) is 0. The highest BCUT2D eigenvalue weighted by atomic mass is 16.1. The van der Waals surface area contributed by atoms with E-state index in [-0.39, 0.29) is 0 Å². The van der Waals surface area contributed by atoms with Crippen molar-refractivity contribution in [3.05, 3.63) is 35.4 Å². The second-order valence-electron chi connectivity index (χ2n) is 5.58. The summed E-state index contributed by atoms with van der Waals surface area (Å²) in [5.41, 5.74) is 1.99. The van der Waals surface area contributed by atoms with E-state index in [1.807, 2.05) is 31.2 Å². The highest BCUT2D eigenvalue weighted by Gasteiger charge is 2.21. The van der Waals surface area contributed by atoms with Crippen molar-refractivity contribution in [2.75, 3.05) is 13.1 Å². The average Bonchev–Trinajstić information content (AvgIpc) is 2.45. The molecule has 1 aromatic carbocycles. The molecule has 1 unspecified atom stereocenters. The normalized spacial score (nSPS) is 20.4. The van der Waals surface area contributed by atoms with E-state index in [1.165, 1.54) is 32.2 Å². The first kappa shape index (κ1) is 14.3. The Bertz CT molecular complexity index is 427. The summed E-state index contributed by atoms with van der Waals surface area (Å²) < 4.78 is 0. The van der Waals surface area contributed by atoms with Crippen LogP contribution in [0.25, 0.3) is 0 Å². The molecular weight excluding hydrogens is 234 g/mol. The van der Waals surface area contributed by atoms with Crippen molar-refractivity contribution in [3.8, 4) is 0 Å². The number of hydrogen-bond donors (Lipinski definition) is 0. The molecule has 1 aliphatic rings. The van der Waals surface area contributed by atoms with E-state index in [4.69, 9.17) is 0 Å². The van der Waals surface area contributed by atoms with Crippen molar-refractivity contribution in [3.63, 3.8) is 0 Å². The van der Waals surface area contributed by atoms with Crippen LogP contribution in [0.2, 0.25) is 0 Å². The van der Waals surface area contributed by atoms with Crippen LogP contribution in [0.4, 0.5) is 0 Å². The van der Waals surface area contributed by atoms with Gasteiger partial charge in [-0.05, 0) is 38.3 Å². The summed E-state index contributed by atoms with van der Waals surface area (Å²) >= 11 is 0. The van der Waals surface area contributed by atoms with Gasteiger partial charge in [0, 0.05) is 24.6 Å². The van der Waals surface area contributed by atoms with Gasteiger partial charge in [-0.1, -0.05) is 37.6 Å². The van der Waals surface area contributed by atoms with Crippen molar-refractivity contribution >= 4 is 5.78 Å². The monoisotopic (exact) mass is 259 g/mol. The van der Waals surface area contributed by atoms with Gasteiger partial charge < -0.3 is 0 Å². The van der Waals surface area contributed by atoms with Crippen molar-refractivity contribution in [2.45, 2.75) is 52.0 Å². The molecule has 104 valence electrons. The molecule has 2 heteroatoms. The summed E-state index contributed by atoms with van der Waals surface area (Å²) in [7, 11) is 0. The van der Waals surface area contributed by atoms with E-state index >= 15 is 0 Å². The van der Waals surface area contributed by atoms with Crippen molar-refractivity contribution < 1.29 is 4.79 Å². The number of carbonyl (C=O) groups is 1. The van der Waals surface area contributed by atoms with Gasteiger partial charge in [0.2, 0.25) is 0 Å². The lowest BCUT2D eigenvalue weighted by atomic mass is 9.98. The standard InChI is InChI=1S/C17H25NO/c1-3-15-9-6-7-12-18(15)13-11-17(19)16-10-5-4-8-14(16)2/h4-5,8,10,15H,3,6-7,9,11-13H2,1-2H3. The van der Waals surface area contributed by atoms with Crippen molar-refractivity contribution in [1.82, 2.24) is 4.90 Å². The lowest BCUT2D eigenvalue weighted by Gasteiger charge is -2.35. The lowest BCUT2D eigenvalue weighted by molar-refractivity contribution is 0.0922. The van der Waals surface area contributed by atoms with Gasteiger partial charge in [0.25, 0.3) is 0 Å². The molecule has 2 nitrogen and oxygen atoms in total. The van der Waals surface area contributed by atoms with Gasteiger partial charge >= 0.3 is 0 Å². The molecule has 1 aromatic rings. The zero-order valence-corrected chi connectivity index (χ0v) is 12.2. The molecule has 19 heavy (non-hydrogen) atoms.